The summed E-state index contributed by atoms with van der Waals surface area (Å²) in [6.45, 7) is 3.77. The van der Waals surface area contributed by atoms with Crippen LogP contribution >= 0.6 is 21.6 Å². The number of hydrogen-bond acceptors (Lipinski definition) is 6. The van der Waals surface area contributed by atoms with Crippen LogP contribution in [0.25, 0.3) is 0 Å². The van der Waals surface area contributed by atoms with Gasteiger partial charge in [-0.15, -0.1) is 0 Å². The zero-order chi connectivity index (χ0) is 17.8. The van der Waals surface area contributed by atoms with Gasteiger partial charge in [-0.1, -0.05) is 35.4 Å². The Morgan fingerprint density at radius 1 is 0.625 bits per heavy atom. The van der Waals surface area contributed by atoms with Crippen molar-refractivity contribution in [3.05, 3.63) is 59.7 Å². The summed E-state index contributed by atoms with van der Waals surface area (Å²) in [5.74, 6) is 0.401. The van der Waals surface area contributed by atoms with Gasteiger partial charge in [0.05, 0.1) is 9.79 Å². The summed E-state index contributed by atoms with van der Waals surface area (Å²) in [6, 6.07) is 13.2. The fourth-order valence-electron chi connectivity index (χ4n) is 1.83. The Hall–Kier alpha value is -0.960. The van der Waals surface area contributed by atoms with E-state index in [0.29, 0.717) is 0 Å². The molecule has 0 fully saturated rings. The molecule has 2 aromatic rings. The molecule has 0 heterocycles. The summed E-state index contributed by atoms with van der Waals surface area (Å²) in [5, 5.41) is 0. The molecule has 24 heavy (non-hydrogen) atoms. The van der Waals surface area contributed by atoms with Crippen LogP contribution in [-0.2, 0) is 17.7 Å². The predicted octanol–water partition coefficient (Wildman–Crippen LogP) is 3.85. The van der Waals surface area contributed by atoms with E-state index in [-0.39, 0.29) is 21.3 Å². The molecule has 0 atom stereocenters. The first-order chi connectivity index (χ1) is 11.2. The lowest BCUT2D eigenvalue weighted by Crippen LogP contribution is -2.01. The molecule has 0 bridgehead atoms. The highest BCUT2D eigenvalue weighted by atomic mass is 33.1. The molecule has 0 spiro atoms. The lowest BCUT2D eigenvalue weighted by molar-refractivity contribution is 0.608. The number of aryl methyl sites for hydroxylation is 2. The van der Waals surface area contributed by atoms with E-state index in [1.54, 1.807) is 48.5 Å². The van der Waals surface area contributed by atoms with Crippen molar-refractivity contribution >= 4 is 39.3 Å². The zero-order valence-electron chi connectivity index (χ0n) is 13.3. The summed E-state index contributed by atoms with van der Waals surface area (Å²) in [4.78, 5) is 0.481. The van der Waals surface area contributed by atoms with Crippen LogP contribution in [0.1, 0.15) is 11.1 Å². The topological polar surface area (TPSA) is 68.3 Å². The van der Waals surface area contributed by atoms with Crippen molar-refractivity contribution in [1.82, 2.24) is 0 Å². The monoisotopic (exact) mass is 402 g/mol. The standard InChI is InChI=1S/C16H18O4S4/c1-13-3-7-15(8-4-13)23(17,18)21-11-12-22-24(19,20)16-9-5-14(2)6-10-16/h3-10H,11-12H2,1-2H3. The van der Waals surface area contributed by atoms with Crippen LogP contribution in [0.2, 0.25) is 0 Å². The van der Waals surface area contributed by atoms with E-state index in [1.807, 2.05) is 13.8 Å². The van der Waals surface area contributed by atoms with Crippen molar-refractivity contribution < 1.29 is 16.8 Å². The quantitative estimate of drug-likeness (QED) is 0.518. The van der Waals surface area contributed by atoms with Gasteiger partial charge in [0, 0.05) is 11.5 Å². The fourth-order valence-corrected chi connectivity index (χ4v) is 8.05. The molecule has 4 nitrogen and oxygen atoms in total. The van der Waals surface area contributed by atoms with Crippen molar-refractivity contribution in [2.24, 2.45) is 0 Å². The second-order valence-electron chi connectivity index (χ2n) is 5.18. The van der Waals surface area contributed by atoms with Crippen LogP contribution in [0.3, 0.4) is 0 Å². The van der Waals surface area contributed by atoms with Crippen molar-refractivity contribution in [2.75, 3.05) is 11.5 Å². The van der Waals surface area contributed by atoms with E-state index < -0.39 is 17.7 Å². The Bertz CT molecular complexity index is 807. The third kappa shape index (κ3) is 5.27. The zero-order valence-corrected chi connectivity index (χ0v) is 16.6. The molecule has 0 saturated heterocycles. The maximum absolute atomic E-state index is 12.2. The van der Waals surface area contributed by atoms with Crippen molar-refractivity contribution in [1.29, 1.82) is 0 Å². The van der Waals surface area contributed by atoms with Crippen molar-refractivity contribution in [3.63, 3.8) is 0 Å². The molecule has 0 saturated carbocycles. The van der Waals surface area contributed by atoms with Crippen LogP contribution in [-0.4, -0.2) is 28.3 Å². The van der Waals surface area contributed by atoms with Gasteiger partial charge in [-0.05, 0) is 59.7 Å². The minimum Gasteiger partial charge on any atom is -0.212 e. The minimum absolute atomic E-state index is 0.200. The molecule has 2 rings (SSSR count). The molecular weight excluding hydrogens is 384 g/mol. The Morgan fingerprint density at radius 2 is 0.917 bits per heavy atom. The second kappa shape index (κ2) is 7.95. The molecule has 2 aromatic carbocycles. The van der Waals surface area contributed by atoms with Gasteiger partial charge in [-0.25, -0.2) is 16.8 Å². The fraction of sp³-hybridized carbons (Fsp3) is 0.250. The van der Waals surface area contributed by atoms with Gasteiger partial charge >= 0.3 is 0 Å². The molecule has 0 aliphatic rings. The molecule has 0 aliphatic carbocycles. The van der Waals surface area contributed by atoms with E-state index >= 15 is 0 Å². The van der Waals surface area contributed by atoms with E-state index in [4.69, 9.17) is 0 Å². The molecule has 0 N–H and O–H groups in total. The third-order valence-corrected chi connectivity index (χ3v) is 10.5. The van der Waals surface area contributed by atoms with Gasteiger partial charge in [-0.3, -0.25) is 0 Å². The van der Waals surface area contributed by atoms with Gasteiger partial charge < -0.3 is 0 Å². The average molecular weight is 403 g/mol. The van der Waals surface area contributed by atoms with E-state index in [9.17, 15) is 16.8 Å². The number of rotatable bonds is 7. The maximum Gasteiger partial charge on any atom is 0.230 e. The van der Waals surface area contributed by atoms with E-state index in [2.05, 4.69) is 0 Å². The first-order valence-electron chi connectivity index (χ1n) is 7.13. The predicted molar refractivity (Wildman–Crippen MR) is 102 cm³/mol. The van der Waals surface area contributed by atoms with Gasteiger partial charge in [0.1, 0.15) is 0 Å². The SMILES string of the molecule is Cc1ccc(S(=O)(=O)SCCSS(=O)(=O)c2ccc(C)cc2)cc1. The molecule has 0 radical (unpaired) electrons. The first kappa shape index (κ1) is 19.4. The van der Waals surface area contributed by atoms with Gasteiger partial charge in [0.15, 0.2) is 0 Å². The summed E-state index contributed by atoms with van der Waals surface area (Å²) >= 11 is 0. The summed E-state index contributed by atoms with van der Waals surface area (Å²) in [6.07, 6.45) is 0. The van der Waals surface area contributed by atoms with E-state index in [0.717, 1.165) is 32.7 Å². The molecule has 0 amide bonds. The molecular formula is C16H18O4S4. The number of benzene rings is 2. The number of hydrogen-bond donors (Lipinski definition) is 0. The van der Waals surface area contributed by atoms with Crippen LogP contribution in [0.15, 0.2) is 58.3 Å². The van der Waals surface area contributed by atoms with Crippen LogP contribution in [0, 0.1) is 13.8 Å². The molecule has 130 valence electrons. The lowest BCUT2D eigenvalue weighted by Gasteiger charge is -2.06. The highest BCUT2D eigenvalue weighted by Crippen LogP contribution is 2.28. The largest absolute Gasteiger partial charge is 0.230 e. The van der Waals surface area contributed by atoms with Crippen LogP contribution < -0.4 is 0 Å². The maximum atomic E-state index is 12.2. The van der Waals surface area contributed by atoms with Crippen LogP contribution in [0.5, 0.6) is 0 Å². The Kier molecular flexibility index (Phi) is 6.41. The summed E-state index contributed by atoms with van der Waals surface area (Å²) < 4.78 is 48.7. The molecule has 0 unspecified atom stereocenters. The third-order valence-electron chi connectivity index (χ3n) is 3.18. The van der Waals surface area contributed by atoms with E-state index in [1.165, 1.54) is 0 Å². The van der Waals surface area contributed by atoms with Gasteiger partial charge in [0.25, 0.3) is 0 Å². The van der Waals surface area contributed by atoms with Crippen molar-refractivity contribution in [3.8, 4) is 0 Å². The summed E-state index contributed by atoms with van der Waals surface area (Å²) in [5.41, 5.74) is 1.97. The average Bonchev–Trinajstić information content (AvgIpc) is 2.52. The smallest absolute Gasteiger partial charge is 0.212 e. The lowest BCUT2D eigenvalue weighted by atomic mass is 10.2. The summed E-state index contributed by atoms with van der Waals surface area (Å²) in [7, 11) is -5.39. The normalized spacial score (nSPS) is 12.2. The highest BCUT2D eigenvalue weighted by molar-refractivity contribution is 8.73. The first-order valence-corrected chi connectivity index (χ1v) is 13.1. The second-order valence-corrected chi connectivity index (χ2v) is 13.3. The Labute approximate surface area is 150 Å². The highest BCUT2D eigenvalue weighted by Gasteiger charge is 2.18. The molecule has 0 aliphatic heterocycles. The Morgan fingerprint density at radius 3 is 1.21 bits per heavy atom. The van der Waals surface area contributed by atoms with Crippen LogP contribution in [0.4, 0.5) is 0 Å². The van der Waals surface area contributed by atoms with Crippen molar-refractivity contribution in [2.45, 2.75) is 23.6 Å². The Balaban J connectivity index is 1.92. The van der Waals surface area contributed by atoms with Gasteiger partial charge in [-0.2, -0.15) is 0 Å². The molecule has 8 heteroatoms. The van der Waals surface area contributed by atoms with Gasteiger partial charge in [0.2, 0.25) is 17.7 Å². The minimum atomic E-state index is -3.46. The molecule has 0 aromatic heterocycles.